The number of carbonyl (C=O) groups is 1. The molecule has 5 rings (SSSR count). The molecular weight excluding hydrogens is 395 g/mol. The third-order valence-corrected chi connectivity index (χ3v) is 5.47. The molecule has 0 unspecified atom stereocenters. The second kappa shape index (κ2) is 7.39. The van der Waals surface area contributed by atoms with Crippen molar-refractivity contribution in [3.8, 4) is 17.2 Å². The van der Waals surface area contributed by atoms with Crippen molar-refractivity contribution in [3.05, 3.63) is 82.9 Å². The van der Waals surface area contributed by atoms with Crippen LogP contribution in [0.5, 0.6) is 0 Å². The lowest BCUT2D eigenvalue weighted by atomic mass is 9.85. The lowest BCUT2D eigenvalue weighted by Gasteiger charge is -2.24. The van der Waals surface area contributed by atoms with Crippen LogP contribution in [0, 0.1) is 19.7 Å². The summed E-state index contributed by atoms with van der Waals surface area (Å²) in [5.74, 6) is -0.321. The molecule has 0 fully saturated rings. The van der Waals surface area contributed by atoms with Crippen LogP contribution in [0.15, 0.2) is 54.7 Å². The van der Waals surface area contributed by atoms with Gasteiger partial charge in [0.1, 0.15) is 11.6 Å². The van der Waals surface area contributed by atoms with Crippen LogP contribution < -0.4 is 5.32 Å². The van der Waals surface area contributed by atoms with Crippen molar-refractivity contribution >= 4 is 11.7 Å². The van der Waals surface area contributed by atoms with E-state index >= 15 is 0 Å². The van der Waals surface area contributed by atoms with E-state index in [1.807, 2.05) is 38.1 Å². The van der Waals surface area contributed by atoms with Gasteiger partial charge in [0.15, 0.2) is 0 Å². The maximum absolute atomic E-state index is 14.5. The molecule has 31 heavy (non-hydrogen) atoms. The first-order valence-electron chi connectivity index (χ1n) is 9.92. The highest BCUT2D eigenvalue weighted by Gasteiger charge is 2.34. The molecule has 0 spiro atoms. The lowest BCUT2D eigenvalue weighted by Crippen LogP contribution is -2.25. The van der Waals surface area contributed by atoms with Gasteiger partial charge in [-0.3, -0.25) is 4.79 Å². The van der Waals surface area contributed by atoms with Gasteiger partial charge in [0.05, 0.1) is 17.6 Å². The Labute approximate surface area is 178 Å². The van der Waals surface area contributed by atoms with Crippen LogP contribution in [0.25, 0.3) is 17.2 Å². The fourth-order valence-corrected chi connectivity index (χ4v) is 3.96. The maximum Gasteiger partial charge on any atom is 0.272 e. The van der Waals surface area contributed by atoms with E-state index in [0.717, 1.165) is 16.7 Å². The summed E-state index contributed by atoms with van der Waals surface area (Å²) in [5, 5.41) is 15.6. The summed E-state index contributed by atoms with van der Waals surface area (Å²) in [5.41, 5.74) is 4.58. The van der Waals surface area contributed by atoms with Crippen LogP contribution in [0.4, 0.5) is 10.2 Å². The smallest absolute Gasteiger partial charge is 0.272 e. The number of halogens is 1. The number of nitrogens with one attached hydrogen (secondary N) is 1. The van der Waals surface area contributed by atoms with Gasteiger partial charge in [-0.1, -0.05) is 48.0 Å². The van der Waals surface area contributed by atoms with Crippen LogP contribution in [0.3, 0.4) is 0 Å². The number of hydrogen-bond acceptors (Lipinski definition) is 5. The van der Waals surface area contributed by atoms with Crippen molar-refractivity contribution in [1.29, 1.82) is 0 Å². The molecule has 0 bridgehead atoms. The highest BCUT2D eigenvalue weighted by molar-refractivity contribution is 5.95. The zero-order valence-electron chi connectivity index (χ0n) is 17.0. The second-order valence-corrected chi connectivity index (χ2v) is 7.59. The first-order valence-corrected chi connectivity index (χ1v) is 9.92. The van der Waals surface area contributed by atoms with E-state index in [-0.39, 0.29) is 24.1 Å². The minimum atomic E-state index is -0.438. The third-order valence-electron chi connectivity index (χ3n) is 5.47. The summed E-state index contributed by atoms with van der Waals surface area (Å²) in [7, 11) is 0. The average Bonchev–Trinajstić information content (AvgIpc) is 3.10. The van der Waals surface area contributed by atoms with Crippen LogP contribution in [0.1, 0.15) is 34.7 Å². The molecule has 1 N–H and O–H groups in total. The number of anilines is 1. The summed E-state index contributed by atoms with van der Waals surface area (Å²) < 4.78 is 16.0. The van der Waals surface area contributed by atoms with E-state index in [9.17, 15) is 9.18 Å². The maximum atomic E-state index is 14.5. The number of rotatable bonds is 3. The molecule has 1 amide bonds. The zero-order chi connectivity index (χ0) is 21.5. The highest BCUT2D eigenvalue weighted by Crippen LogP contribution is 2.40. The summed E-state index contributed by atoms with van der Waals surface area (Å²) >= 11 is 0. The van der Waals surface area contributed by atoms with Gasteiger partial charge in [-0.05, 0) is 25.5 Å². The minimum absolute atomic E-state index is 0.142. The number of nitrogens with zero attached hydrogens (tertiary/aromatic N) is 5. The van der Waals surface area contributed by atoms with Crippen molar-refractivity contribution in [2.75, 3.05) is 5.32 Å². The summed E-state index contributed by atoms with van der Waals surface area (Å²) in [4.78, 5) is 17.1. The Morgan fingerprint density at radius 1 is 1.10 bits per heavy atom. The molecule has 154 valence electrons. The van der Waals surface area contributed by atoms with Crippen molar-refractivity contribution in [1.82, 2.24) is 25.0 Å². The molecule has 7 nitrogen and oxygen atoms in total. The normalized spacial score (nSPS) is 15.5. The largest absolute Gasteiger partial charge is 0.310 e. The fraction of sp³-hybridized carbons (Fsp3) is 0.174. The van der Waals surface area contributed by atoms with Gasteiger partial charge in [0.25, 0.3) is 5.95 Å². The number of aryl methyl sites for hydroxylation is 2. The molecule has 1 aliphatic rings. The van der Waals surface area contributed by atoms with Crippen molar-refractivity contribution < 1.29 is 9.18 Å². The number of benzene rings is 2. The fourth-order valence-electron chi connectivity index (χ4n) is 3.96. The molecule has 2 aromatic heterocycles. The molecule has 0 radical (unpaired) electrons. The van der Waals surface area contributed by atoms with Crippen molar-refractivity contribution in [2.24, 2.45) is 0 Å². The Hall–Kier alpha value is -3.94. The predicted molar refractivity (Wildman–Crippen MR) is 113 cm³/mol. The number of amides is 1. The predicted octanol–water partition coefficient (Wildman–Crippen LogP) is 3.95. The van der Waals surface area contributed by atoms with Gasteiger partial charge in [-0.15, -0.1) is 5.10 Å². The molecule has 0 saturated carbocycles. The SMILES string of the molecule is Cc1ccc(-c2cnnc(-n3nc(C)c4c3NC(=O)C[C@H]4c3ccccc3F)n2)cc1. The molecule has 0 aliphatic carbocycles. The van der Waals surface area contributed by atoms with Crippen LogP contribution in [-0.4, -0.2) is 30.9 Å². The van der Waals surface area contributed by atoms with Crippen LogP contribution >= 0.6 is 0 Å². The number of carbonyl (C=O) groups excluding carboxylic acids is 1. The van der Waals surface area contributed by atoms with Gasteiger partial charge in [-0.2, -0.15) is 14.9 Å². The number of aromatic nitrogens is 5. The van der Waals surface area contributed by atoms with Crippen molar-refractivity contribution in [2.45, 2.75) is 26.2 Å². The van der Waals surface area contributed by atoms with E-state index < -0.39 is 5.92 Å². The van der Waals surface area contributed by atoms with E-state index in [4.69, 9.17) is 0 Å². The van der Waals surface area contributed by atoms with Gasteiger partial charge in [0.2, 0.25) is 5.91 Å². The monoisotopic (exact) mass is 414 g/mol. The molecule has 2 aromatic carbocycles. The molecule has 4 aromatic rings. The first-order chi connectivity index (χ1) is 15.0. The third kappa shape index (κ3) is 3.35. The van der Waals surface area contributed by atoms with Gasteiger partial charge >= 0.3 is 0 Å². The molecular formula is C23H19FN6O. The molecule has 3 heterocycles. The standard InChI is InChI=1S/C23H19FN6O/c1-13-7-9-15(10-8-13)19-12-25-28-23(26-19)30-22-21(14(2)29-30)17(11-20(31)27-22)16-5-3-4-6-18(16)24/h3-10,12,17H,11H2,1-2H3,(H,27,31)/t17-/m0/s1. The van der Waals surface area contributed by atoms with Crippen LogP contribution in [0.2, 0.25) is 0 Å². The van der Waals surface area contributed by atoms with Crippen molar-refractivity contribution in [3.63, 3.8) is 0 Å². The summed E-state index contributed by atoms with van der Waals surface area (Å²) in [6, 6.07) is 14.4. The first kappa shape index (κ1) is 19.0. The number of fused-ring (bicyclic) bond motifs is 1. The Balaban J connectivity index is 1.63. The molecule has 0 saturated heterocycles. The summed E-state index contributed by atoms with van der Waals surface area (Å²) in [6.45, 7) is 3.85. The Morgan fingerprint density at radius 3 is 2.65 bits per heavy atom. The number of hydrogen-bond donors (Lipinski definition) is 1. The van der Waals surface area contributed by atoms with Gasteiger partial charge < -0.3 is 5.32 Å². The van der Waals surface area contributed by atoms with Crippen LogP contribution in [-0.2, 0) is 4.79 Å². The molecule has 1 aliphatic heterocycles. The van der Waals surface area contributed by atoms with E-state index in [2.05, 4.69) is 25.6 Å². The van der Waals surface area contributed by atoms with Gasteiger partial charge in [-0.25, -0.2) is 9.37 Å². The minimum Gasteiger partial charge on any atom is -0.310 e. The second-order valence-electron chi connectivity index (χ2n) is 7.59. The van der Waals surface area contributed by atoms with E-state index in [1.165, 1.54) is 10.7 Å². The quantitative estimate of drug-likeness (QED) is 0.549. The molecule has 1 atom stereocenters. The Bertz CT molecular complexity index is 1300. The Morgan fingerprint density at radius 2 is 1.87 bits per heavy atom. The van der Waals surface area contributed by atoms with E-state index in [0.29, 0.717) is 22.8 Å². The summed E-state index contributed by atoms with van der Waals surface area (Å²) in [6.07, 6.45) is 1.72. The highest BCUT2D eigenvalue weighted by atomic mass is 19.1. The zero-order valence-corrected chi connectivity index (χ0v) is 17.0. The molecule has 8 heteroatoms. The lowest BCUT2D eigenvalue weighted by molar-refractivity contribution is -0.116. The Kier molecular flexibility index (Phi) is 4.54. The average molecular weight is 414 g/mol. The topological polar surface area (TPSA) is 85.6 Å². The van der Waals surface area contributed by atoms with E-state index in [1.54, 1.807) is 24.4 Å². The van der Waals surface area contributed by atoms with Gasteiger partial charge in [0, 0.05) is 23.5 Å².